The summed E-state index contributed by atoms with van der Waals surface area (Å²) in [5, 5.41) is 7.80. The first-order chi connectivity index (χ1) is 42.8. The highest BCUT2D eigenvalue weighted by Gasteiger charge is 2.43. The van der Waals surface area contributed by atoms with E-state index in [1.807, 2.05) is 12.1 Å². The second-order valence-corrected chi connectivity index (χ2v) is 28.7. The number of nitrogens with zero attached hydrogens (tertiary/aromatic N) is 2. The third-order valence-electron chi connectivity index (χ3n) is 16.6. The Hall–Kier alpha value is -4.08. The summed E-state index contributed by atoms with van der Waals surface area (Å²) in [7, 11) is -6.15. The molecule has 0 saturated carbocycles. The molecule has 492 valence electrons. The number of carbonyl (C=O) groups is 2. The van der Waals surface area contributed by atoms with Crippen LogP contribution < -0.4 is 41.0 Å². The van der Waals surface area contributed by atoms with Gasteiger partial charge in [0.1, 0.15) is 40.1 Å². The number of Topliss-reactive ketones (excluding diaryl/α,β-unsaturated/α-hetero) is 1. The number of amides is 2. The average molecular weight is 1360 g/mol. The number of nitrogens with two attached hydrogens (primary N) is 2. The lowest BCUT2D eigenvalue weighted by Crippen LogP contribution is -2.49. The van der Waals surface area contributed by atoms with Gasteiger partial charge >= 0.3 is 6.03 Å². The second kappa shape index (κ2) is 34.7. The first kappa shape index (κ1) is 70.8. The molecule has 8 rings (SSSR count). The van der Waals surface area contributed by atoms with E-state index in [2.05, 4.69) is 25.2 Å². The van der Waals surface area contributed by atoms with Crippen molar-refractivity contribution < 1.29 is 59.6 Å². The largest absolute Gasteiger partial charge is 0.495 e. The summed E-state index contributed by atoms with van der Waals surface area (Å²) >= 11 is 26.2. The Bertz CT molecular complexity index is 3230. The molecule has 6 atom stereocenters. The van der Waals surface area contributed by atoms with E-state index >= 15 is 0 Å². The van der Waals surface area contributed by atoms with Crippen molar-refractivity contribution in [3.8, 4) is 17.2 Å². The minimum Gasteiger partial charge on any atom is -0.495 e. The number of likely N-dealkylation sites (tertiary alicyclic amines) is 2. The fraction of sp³-hybridized carbons (Fsp3) is 0.587. The summed E-state index contributed by atoms with van der Waals surface area (Å²) in [4.78, 5) is 29.6. The normalized spacial score (nSPS) is 20.5. The first-order valence-electron chi connectivity index (χ1n) is 30.9. The summed E-state index contributed by atoms with van der Waals surface area (Å²) in [6.07, 6.45) is 8.54. The van der Waals surface area contributed by atoms with Gasteiger partial charge in [0, 0.05) is 108 Å². The minimum absolute atomic E-state index is 0.0139. The Kier molecular flexibility index (Phi) is 27.6. The van der Waals surface area contributed by atoms with Crippen molar-refractivity contribution in [2.24, 2.45) is 11.5 Å². The molecule has 2 aliphatic heterocycles. The number of unbranched alkanes of at least 4 members (excludes halogenated alkanes) is 2. The van der Waals surface area contributed by atoms with Gasteiger partial charge in [0.15, 0.2) is 9.84 Å². The van der Waals surface area contributed by atoms with Crippen molar-refractivity contribution >= 4 is 78.1 Å². The van der Waals surface area contributed by atoms with Crippen LogP contribution in [0.4, 0.5) is 4.79 Å². The van der Waals surface area contributed by atoms with E-state index in [0.29, 0.717) is 109 Å². The first-order valence-corrected chi connectivity index (χ1v) is 35.6. The summed E-state index contributed by atoms with van der Waals surface area (Å²) in [6, 6.07) is 16.9. The SMILES string of the molecule is COc1cc(O[C@H]2c3cc(Cl)cc(Cl)c3C[C@@H]2N2CCC[C@@H](N)C2)ccc1S(=O)(=O)NCCOCCOCCCC(=O)CCCCCNC(=O)NCCOCCOCCCS(=O)(=O)c1ccc(O[C@H]2c3cc(Cl)cc(Cl)c3C[C@@H]2N2CCC[C@@H](N)C2)cc1C. The van der Waals surface area contributed by atoms with E-state index in [4.69, 9.17) is 91.0 Å². The average Bonchev–Trinajstić information content (AvgIpc) is 1.76. The highest BCUT2D eigenvalue weighted by molar-refractivity contribution is 7.91. The number of ketones is 1. The molecule has 20 nitrogen and oxygen atoms in total. The topological polar surface area (TPSA) is 262 Å². The summed E-state index contributed by atoms with van der Waals surface area (Å²) < 4.78 is 97.3. The molecule has 2 aliphatic carbocycles. The van der Waals surface area contributed by atoms with Gasteiger partial charge in [0.2, 0.25) is 10.0 Å². The zero-order valence-corrected chi connectivity index (χ0v) is 55.6. The Morgan fingerprint density at radius 3 is 1.67 bits per heavy atom. The molecule has 0 aromatic heterocycles. The Labute approximate surface area is 544 Å². The van der Waals surface area contributed by atoms with Gasteiger partial charge in [-0.3, -0.25) is 14.6 Å². The van der Waals surface area contributed by atoms with Crippen LogP contribution in [0.3, 0.4) is 0 Å². The quantitative estimate of drug-likeness (QED) is 0.0266. The molecule has 2 amide bonds. The number of benzene rings is 4. The third kappa shape index (κ3) is 20.7. The standard InChI is InChI=1S/C63H87Cl4N7O13S2/c1-42-32-48(86-61-52-33-43(64)35-54(66)50(52)38-56(61)73-21-6-10-45(68)40-73)14-16-59(42)88(77,78)31-9-24-83-28-29-84-25-19-71-63(76)70-18-5-3-4-12-47(75)13-8-23-82-27-30-85-26-20-72-89(79,80)60-17-15-49(37-58(60)81-2)87-62-53-34-44(65)36-55(67)51(53)39-57(62)74-22-7-11-46(69)41-74/h14-17,32-37,45-46,56-57,61-62,72H,3-13,18-31,38-41,68-69H2,1-2H3,(H2,70,71,76)/t45-,46-,56+,57+,61+,62+/m1/s1. The van der Waals surface area contributed by atoms with Crippen LogP contribution in [-0.2, 0) is 56.4 Å². The van der Waals surface area contributed by atoms with Crippen molar-refractivity contribution in [3.05, 3.63) is 109 Å². The fourth-order valence-electron chi connectivity index (χ4n) is 12.2. The van der Waals surface area contributed by atoms with E-state index in [1.165, 1.54) is 13.2 Å². The second-order valence-electron chi connectivity index (χ2n) is 23.2. The number of sulfonamides is 1. The Morgan fingerprint density at radius 1 is 0.596 bits per heavy atom. The molecule has 89 heavy (non-hydrogen) atoms. The van der Waals surface area contributed by atoms with Crippen LogP contribution in [0.1, 0.15) is 111 Å². The van der Waals surface area contributed by atoms with Crippen LogP contribution >= 0.6 is 46.4 Å². The van der Waals surface area contributed by atoms with Crippen LogP contribution in [0.5, 0.6) is 17.2 Å². The molecule has 2 saturated heterocycles. The van der Waals surface area contributed by atoms with Crippen molar-refractivity contribution in [1.29, 1.82) is 0 Å². The van der Waals surface area contributed by atoms with E-state index in [-0.39, 0.29) is 103 Å². The Morgan fingerprint density at radius 2 is 1.11 bits per heavy atom. The van der Waals surface area contributed by atoms with Gasteiger partial charge in [-0.05, 0) is 156 Å². The Balaban J connectivity index is 0.597. The number of carbonyl (C=O) groups excluding carboxylic acids is 2. The molecule has 26 heteroatoms. The van der Waals surface area contributed by atoms with Crippen molar-refractivity contribution in [3.63, 3.8) is 0 Å². The number of rotatable bonds is 36. The van der Waals surface area contributed by atoms with Gasteiger partial charge in [-0.2, -0.15) is 0 Å². The van der Waals surface area contributed by atoms with Crippen molar-refractivity contribution in [1.82, 2.24) is 25.2 Å². The van der Waals surface area contributed by atoms with Crippen LogP contribution in [0, 0.1) is 6.92 Å². The van der Waals surface area contributed by atoms with E-state index in [1.54, 1.807) is 49.4 Å². The number of piperidine rings is 2. The van der Waals surface area contributed by atoms with Gasteiger partial charge in [-0.1, -0.05) is 52.8 Å². The predicted octanol–water partition coefficient (Wildman–Crippen LogP) is 8.97. The van der Waals surface area contributed by atoms with E-state index in [0.717, 1.165) is 93.4 Å². The van der Waals surface area contributed by atoms with Crippen molar-refractivity contribution in [2.45, 2.75) is 137 Å². The molecule has 0 spiro atoms. The number of methoxy groups -OCH3 is 1. The zero-order chi connectivity index (χ0) is 63.5. The lowest BCUT2D eigenvalue weighted by Gasteiger charge is -2.38. The molecule has 4 aliphatic rings. The maximum atomic E-state index is 13.4. The molecule has 0 radical (unpaired) electrons. The molecule has 2 fully saturated rings. The van der Waals surface area contributed by atoms with Gasteiger partial charge in [0.05, 0.1) is 69.5 Å². The van der Waals surface area contributed by atoms with Crippen LogP contribution in [0.2, 0.25) is 20.1 Å². The molecular weight excluding hydrogens is 1270 g/mol. The monoisotopic (exact) mass is 1350 g/mol. The van der Waals surface area contributed by atoms with Crippen molar-refractivity contribution in [2.75, 3.05) is 112 Å². The molecule has 2 heterocycles. The number of fused-ring (bicyclic) bond motifs is 2. The van der Waals surface area contributed by atoms with E-state index in [9.17, 15) is 26.4 Å². The lowest BCUT2D eigenvalue weighted by atomic mass is 10.0. The fourth-order valence-corrected chi connectivity index (χ4v) is 16.1. The number of nitrogens with one attached hydrogen (secondary N) is 3. The number of sulfone groups is 1. The van der Waals surface area contributed by atoms with Crippen LogP contribution in [0.25, 0.3) is 0 Å². The van der Waals surface area contributed by atoms with Gasteiger partial charge in [-0.25, -0.2) is 26.4 Å². The number of aryl methyl sites for hydroxylation is 1. The number of ether oxygens (including phenoxy) is 7. The minimum atomic E-state index is -3.97. The number of urea groups is 1. The highest BCUT2D eigenvalue weighted by Crippen LogP contribution is 2.46. The molecule has 7 N–H and O–H groups in total. The summed E-state index contributed by atoms with van der Waals surface area (Å²) in [5.74, 6) is 1.20. The molecule has 4 aromatic carbocycles. The molecule has 0 bridgehead atoms. The van der Waals surface area contributed by atoms with Gasteiger partial charge < -0.3 is 55.3 Å². The highest BCUT2D eigenvalue weighted by atomic mass is 35.5. The predicted molar refractivity (Wildman–Crippen MR) is 346 cm³/mol. The van der Waals surface area contributed by atoms with E-state index < -0.39 is 26.0 Å². The number of halogens is 4. The maximum Gasteiger partial charge on any atom is 0.314 e. The molecule has 4 aromatic rings. The van der Waals surface area contributed by atoms with Crippen LogP contribution in [0.15, 0.2) is 70.5 Å². The maximum absolute atomic E-state index is 13.4. The number of hydrogen-bond acceptors (Lipinski definition) is 17. The third-order valence-corrected chi connectivity index (χ3v) is 21.1. The lowest BCUT2D eigenvalue weighted by molar-refractivity contribution is -0.119. The smallest absolute Gasteiger partial charge is 0.314 e. The summed E-state index contributed by atoms with van der Waals surface area (Å²) in [5.41, 5.74) is 17.1. The molecular formula is C63H87Cl4N7O13S2. The van der Waals surface area contributed by atoms with Gasteiger partial charge in [0.25, 0.3) is 0 Å². The summed E-state index contributed by atoms with van der Waals surface area (Å²) in [6.45, 7) is 8.03. The van der Waals surface area contributed by atoms with Gasteiger partial charge in [-0.15, -0.1) is 0 Å². The van der Waals surface area contributed by atoms with Crippen LogP contribution in [-0.4, -0.2) is 174 Å². The zero-order valence-electron chi connectivity index (χ0n) is 50.9. The number of hydrogen-bond donors (Lipinski definition) is 5. The molecule has 0 unspecified atom stereocenters.